The molecule has 0 radical (unpaired) electrons. The van der Waals surface area contributed by atoms with Gasteiger partial charge in [-0.3, -0.25) is 4.90 Å². The summed E-state index contributed by atoms with van der Waals surface area (Å²) in [6, 6.07) is 20.3. The summed E-state index contributed by atoms with van der Waals surface area (Å²) in [5.74, 6) is 0.124. The van der Waals surface area contributed by atoms with Crippen LogP contribution in [0.2, 0.25) is 0 Å². The molecule has 1 saturated heterocycles. The summed E-state index contributed by atoms with van der Waals surface area (Å²) in [5.41, 5.74) is 2.39. The van der Waals surface area contributed by atoms with E-state index in [-0.39, 0.29) is 12.0 Å². The second-order valence-electron chi connectivity index (χ2n) is 5.95. The molecule has 1 aliphatic heterocycles. The van der Waals surface area contributed by atoms with Crippen molar-refractivity contribution in [3.8, 4) is 0 Å². The Hall–Kier alpha value is -2.33. The summed E-state index contributed by atoms with van der Waals surface area (Å²) < 4.78 is 5.20. The van der Waals surface area contributed by atoms with Crippen molar-refractivity contribution in [1.29, 1.82) is 0 Å². The molecule has 1 aliphatic rings. The van der Waals surface area contributed by atoms with E-state index in [1.165, 1.54) is 5.56 Å². The fourth-order valence-corrected chi connectivity index (χ4v) is 3.30. The predicted molar refractivity (Wildman–Crippen MR) is 88.4 cm³/mol. The van der Waals surface area contributed by atoms with E-state index < -0.39 is 6.16 Å². The second kappa shape index (κ2) is 7.29. The number of hydrogen-bond donors (Lipinski definition) is 1. The monoisotopic (exact) mass is 311 g/mol. The van der Waals surface area contributed by atoms with Crippen molar-refractivity contribution < 1.29 is 14.6 Å². The first kappa shape index (κ1) is 15.6. The Morgan fingerprint density at radius 3 is 2.39 bits per heavy atom. The van der Waals surface area contributed by atoms with Crippen LogP contribution in [-0.2, 0) is 11.3 Å². The molecule has 0 amide bonds. The molecule has 0 aromatic heterocycles. The van der Waals surface area contributed by atoms with E-state index in [4.69, 9.17) is 9.84 Å². The first-order valence-corrected chi connectivity index (χ1v) is 7.93. The van der Waals surface area contributed by atoms with Crippen LogP contribution in [0.15, 0.2) is 60.7 Å². The molecule has 0 unspecified atom stereocenters. The highest BCUT2D eigenvalue weighted by atomic mass is 16.7. The SMILES string of the molecule is O=C(O)O[C@H]1CN(Cc2ccccc2)CC[C@@H]1c1ccccc1. The van der Waals surface area contributed by atoms with Crippen LogP contribution in [0.5, 0.6) is 0 Å². The standard InChI is InChI=1S/C19H21NO3/c21-19(22)23-18-14-20(13-15-7-3-1-4-8-15)12-11-17(18)16-9-5-2-6-10-16/h1-10,17-18H,11-14H2,(H,21,22)/t17-,18+/m1/s1. The molecular formula is C19H21NO3. The lowest BCUT2D eigenvalue weighted by Crippen LogP contribution is -2.44. The van der Waals surface area contributed by atoms with Gasteiger partial charge in [0.05, 0.1) is 0 Å². The van der Waals surface area contributed by atoms with E-state index in [2.05, 4.69) is 29.2 Å². The minimum atomic E-state index is -1.20. The molecule has 4 nitrogen and oxygen atoms in total. The minimum absolute atomic E-state index is 0.124. The molecule has 0 saturated carbocycles. The van der Waals surface area contributed by atoms with Crippen molar-refractivity contribution in [2.45, 2.75) is 25.0 Å². The van der Waals surface area contributed by atoms with Crippen LogP contribution in [0, 0.1) is 0 Å². The lowest BCUT2D eigenvalue weighted by molar-refractivity contribution is -0.000488. The Kier molecular flexibility index (Phi) is 4.93. The topological polar surface area (TPSA) is 49.8 Å². The summed E-state index contributed by atoms with van der Waals surface area (Å²) in [4.78, 5) is 13.3. The Balaban J connectivity index is 1.72. The molecule has 1 fully saturated rings. The molecule has 1 N–H and O–H groups in total. The molecule has 1 heterocycles. The van der Waals surface area contributed by atoms with Gasteiger partial charge in [0.2, 0.25) is 0 Å². The number of carbonyl (C=O) groups is 1. The second-order valence-corrected chi connectivity index (χ2v) is 5.95. The number of ether oxygens (including phenoxy) is 1. The Morgan fingerprint density at radius 2 is 1.74 bits per heavy atom. The van der Waals surface area contributed by atoms with Gasteiger partial charge in [-0.05, 0) is 24.1 Å². The number of nitrogens with zero attached hydrogens (tertiary/aromatic N) is 1. The quantitative estimate of drug-likeness (QED) is 0.874. The number of benzene rings is 2. The zero-order valence-corrected chi connectivity index (χ0v) is 13.0. The predicted octanol–water partition coefficient (Wildman–Crippen LogP) is 3.74. The highest BCUT2D eigenvalue weighted by Gasteiger charge is 2.33. The van der Waals surface area contributed by atoms with E-state index in [9.17, 15) is 4.79 Å². The molecule has 0 bridgehead atoms. The van der Waals surface area contributed by atoms with Crippen LogP contribution in [0.25, 0.3) is 0 Å². The van der Waals surface area contributed by atoms with E-state index in [0.29, 0.717) is 6.54 Å². The van der Waals surface area contributed by atoms with Crippen LogP contribution < -0.4 is 0 Å². The van der Waals surface area contributed by atoms with E-state index in [0.717, 1.165) is 25.1 Å². The third-order valence-electron chi connectivity index (χ3n) is 4.37. The normalized spacial score (nSPS) is 21.7. The van der Waals surface area contributed by atoms with Crippen LogP contribution in [0.3, 0.4) is 0 Å². The average molecular weight is 311 g/mol. The van der Waals surface area contributed by atoms with Gasteiger partial charge < -0.3 is 9.84 Å². The zero-order valence-electron chi connectivity index (χ0n) is 13.0. The number of hydrogen-bond acceptors (Lipinski definition) is 3. The average Bonchev–Trinajstić information content (AvgIpc) is 2.56. The van der Waals surface area contributed by atoms with E-state index >= 15 is 0 Å². The molecule has 2 aromatic rings. The first-order chi connectivity index (χ1) is 11.2. The summed E-state index contributed by atoms with van der Waals surface area (Å²) >= 11 is 0. The fourth-order valence-electron chi connectivity index (χ4n) is 3.30. The lowest BCUT2D eigenvalue weighted by Gasteiger charge is -2.37. The number of carboxylic acid groups (broad SMARTS) is 1. The van der Waals surface area contributed by atoms with Gasteiger partial charge in [0, 0.05) is 19.0 Å². The summed E-state index contributed by atoms with van der Waals surface area (Å²) in [5, 5.41) is 9.07. The minimum Gasteiger partial charge on any atom is -0.450 e. The number of rotatable bonds is 4. The maximum Gasteiger partial charge on any atom is 0.506 e. The molecule has 0 spiro atoms. The van der Waals surface area contributed by atoms with E-state index in [1.54, 1.807) is 0 Å². The first-order valence-electron chi connectivity index (χ1n) is 7.93. The molecule has 2 atom stereocenters. The number of piperidine rings is 1. The van der Waals surface area contributed by atoms with Crippen molar-refractivity contribution >= 4 is 6.16 Å². The molecule has 0 aliphatic carbocycles. The summed E-state index contributed by atoms with van der Waals surface area (Å²) in [7, 11) is 0. The van der Waals surface area contributed by atoms with Crippen molar-refractivity contribution in [2.75, 3.05) is 13.1 Å². The summed E-state index contributed by atoms with van der Waals surface area (Å²) in [6.07, 6.45) is -0.626. The largest absolute Gasteiger partial charge is 0.506 e. The highest BCUT2D eigenvalue weighted by molar-refractivity contribution is 5.57. The Bertz CT molecular complexity index is 630. The van der Waals surface area contributed by atoms with Gasteiger partial charge in [0.15, 0.2) is 0 Å². The van der Waals surface area contributed by atoms with Gasteiger partial charge in [0.25, 0.3) is 0 Å². The highest BCUT2D eigenvalue weighted by Crippen LogP contribution is 2.31. The van der Waals surface area contributed by atoms with Crippen molar-refractivity contribution in [3.05, 3.63) is 71.8 Å². The third kappa shape index (κ3) is 4.11. The molecule has 4 heteroatoms. The number of likely N-dealkylation sites (tertiary alicyclic amines) is 1. The summed E-state index contributed by atoms with van der Waals surface area (Å²) in [6.45, 7) is 2.39. The molecular weight excluding hydrogens is 290 g/mol. The van der Waals surface area contributed by atoms with Gasteiger partial charge in [-0.1, -0.05) is 60.7 Å². The van der Waals surface area contributed by atoms with E-state index in [1.807, 2.05) is 36.4 Å². The van der Waals surface area contributed by atoms with Gasteiger partial charge in [-0.15, -0.1) is 0 Å². The molecule has 120 valence electrons. The molecule has 3 rings (SSSR count). The fraction of sp³-hybridized carbons (Fsp3) is 0.316. The molecule has 23 heavy (non-hydrogen) atoms. The van der Waals surface area contributed by atoms with Gasteiger partial charge in [-0.2, -0.15) is 0 Å². The van der Waals surface area contributed by atoms with Gasteiger partial charge >= 0.3 is 6.16 Å². The van der Waals surface area contributed by atoms with Gasteiger partial charge in [-0.25, -0.2) is 4.79 Å². The van der Waals surface area contributed by atoms with Crippen LogP contribution in [0.4, 0.5) is 4.79 Å². The lowest BCUT2D eigenvalue weighted by atomic mass is 9.87. The zero-order chi connectivity index (χ0) is 16.1. The van der Waals surface area contributed by atoms with Crippen molar-refractivity contribution in [2.24, 2.45) is 0 Å². The van der Waals surface area contributed by atoms with Crippen LogP contribution >= 0.6 is 0 Å². The van der Waals surface area contributed by atoms with Crippen LogP contribution in [-0.4, -0.2) is 35.4 Å². The maximum absolute atomic E-state index is 11.1. The Labute approximate surface area is 136 Å². The maximum atomic E-state index is 11.1. The Morgan fingerprint density at radius 1 is 1.09 bits per heavy atom. The van der Waals surface area contributed by atoms with Crippen molar-refractivity contribution in [1.82, 2.24) is 4.90 Å². The third-order valence-corrected chi connectivity index (χ3v) is 4.37. The van der Waals surface area contributed by atoms with Gasteiger partial charge in [0.1, 0.15) is 6.10 Å². The van der Waals surface area contributed by atoms with Crippen LogP contribution in [0.1, 0.15) is 23.5 Å². The molecule has 2 aromatic carbocycles. The smallest absolute Gasteiger partial charge is 0.450 e. The van der Waals surface area contributed by atoms with Crippen molar-refractivity contribution in [3.63, 3.8) is 0 Å².